The Bertz CT molecular complexity index is 1090. The zero-order valence-corrected chi connectivity index (χ0v) is 16.9. The first-order valence-corrected chi connectivity index (χ1v) is 9.78. The molecule has 6 nitrogen and oxygen atoms in total. The third-order valence-electron chi connectivity index (χ3n) is 4.92. The van der Waals surface area contributed by atoms with Crippen molar-refractivity contribution < 1.29 is 14.3 Å². The summed E-state index contributed by atoms with van der Waals surface area (Å²) < 4.78 is 7.07. The van der Waals surface area contributed by atoms with Gasteiger partial charge in [-0.3, -0.25) is 9.59 Å². The number of halogens is 1. The van der Waals surface area contributed by atoms with E-state index in [0.29, 0.717) is 34.5 Å². The zero-order chi connectivity index (χ0) is 20.5. The van der Waals surface area contributed by atoms with E-state index in [1.807, 2.05) is 26.0 Å². The number of ketones is 1. The van der Waals surface area contributed by atoms with E-state index in [2.05, 4.69) is 10.4 Å². The van der Waals surface area contributed by atoms with Crippen molar-refractivity contribution >= 4 is 29.1 Å². The van der Waals surface area contributed by atoms with Gasteiger partial charge in [0, 0.05) is 22.6 Å². The first-order chi connectivity index (χ1) is 14.0. The maximum absolute atomic E-state index is 13.3. The lowest BCUT2D eigenvalue weighted by molar-refractivity contribution is -0.116. The number of Topliss-reactive ketones (excluding diaryl/α,β-unsaturated/α-hetero) is 1. The number of aromatic nitrogens is 2. The number of benzene rings is 2. The van der Waals surface area contributed by atoms with Crippen molar-refractivity contribution in [2.45, 2.75) is 26.2 Å². The van der Waals surface area contributed by atoms with Crippen LogP contribution in [0.1, 0.15) is 40.9 Å². The van der Waals surface area contributed by atoms with Crippen molar-refractivity contribution in [1.82, 2.24) is 9.78 Å². The van der Waals surface area contributed by atoms with E-state index in [4.69, 9.17) is 16.3 Å². The summed E-state index contributed by atoms with van der Waals surface area (Å²) >= 11 is 6.11. The molecule has 2 heterocycles. The van der Waals surface area contributed by atoms with Gasteiger partial charge < -0.3 is 10.1 Å². The van der Waals surface area contributed by atoms with Gasteiger partial charge in [-0.05, 0) is 56.3 Å². The van der Waals surface area contributed by atoms with Crippen LogP contribution in [0.2, 0.25) is 5.02 Å². The van der Waals surface area contributed by atoms with Gasteiger partial charge in [0.05, 0.1) is 23.9 Å². The fraction of sp³-hybridized carbons (Fsp3) is 0.227. The Morgan fingerprint density at radius 3 is 2.72 bits per heavy atom. The van der Waals surface area contributed by atoms with Crippen LogP contribution in [0.3, 0.4) is 0 Å². The highest BCUT2D eigenvalue weighted by Crippen LogP contribution is 2.38. The molecule has 0 aliphatic carbocycles. The Morgan fingerprint density at radius 2 is 2.03 bits per heavy atom. The number of hydrogen-bond acceptors (Lipinski definition) is 4. The molecule has 0 spiro atoms. The lowest BCUT2D eigenvalue weighted by Crippen LogP contribution is -2.28. The molecular formula is C22H20ClN3O3. The lowest BCUT2D eigenvalue weighted by atomic mass is 9.85. The highest BCUT2D eigenvalue weighted by Gasteiger charge is 2.36. The molecule has 7 heteroatoms. The standard InChI is InChI=1S/C22H20ClN3O3/c1-3-29-17-9-7-14(8-10-17)21(28)18-12-19(27)24-22-20(18)13(2)25-26(22)16-6-4-5-15(23)11-16/h4-11,18H,3,12H2,1-2H3,(H,24,27)/t18-/m0/s1. The molecule has 0 saturated heterocycles. The second kappa shape index (κ2) is 7.72. The minimum Gasteiger partial charge on any atom is -0.494 e. The summed E-state index contributed by atoms with van der Waals surface area (Å²) in [5.41, 5.74) is 2.69. The molecule has 4 rings (SSSR count). The number of rotatable bonds is 5. The van der Waals surface area contributed by atoms with Crippen molar-refractivity contribution in [1.29, 1.82) is 0 Å². The molecule has 1 aliphatic rings. The number of aryl methyl sites for hydroxylation is 1. The lowest BCUT2D eigenvalue weighted by Gasteiger charge is -2.23. The van der Waals surface area contributed by atoms with Crippen molar-refractivity contribution in [2.24, 2.45) is 0 Å². The average molecular weight is 410 g/mol. The second-order valence-electron chi connectivity index (χ2n) is 6.87. The monoisotopic (exact) mass is 409 g/mol. The predicted octanol–water partition coefficient (Wildman–Crippen LogP) is 4.54. The van der Waals surface area contributed by atoms with Crippen molar-refractivity contribution in [2.75, 3.05) is 11.9 Å². The highest BCUT2D eigenvalue weighted by molar-refractivity contribution is 6.30. The van der Waals surface area contributed by atoms with Crippen molar-refractivity contribution in [3.63, 3.8) is 0 Å². The Morgan fingerprint density at radius 1 is 1.28 bits per heavy atom. The number of amides is 1. The van der Waals surface area contributed by atoms with Gasteiger partial charge in [-0.25, -0.2) is 4.68 Å². The van der Waals surface area contributed by atoms with E-state index in [0.717, 1.165) is 11.3 Å². The van der Waals surface area contributed by atoms with Crippen LogP contribution in [0.4, 0.5) is 5.82 Å². The van der Waals surface area contributed by atoms with Crippen LogP contribution in [0, 0.1) is 6.92 Å². The van der Waals surface area contributed by atoms with Crippen LogP contribution >= 0.6 is 11.6 Å². The normalized spacial score (nSPS) is 15.6. The average Bonchev–Trinajstić information content (AvgIpc) is 3.04. The predicted molar refractivity (Wildman–Crippen MR) is 111 cm³/mol. The first kappa shape index (κ1) is 19.2. The summed E-state index contributed by atoms with van der Waals surface area (Å²) in [6, 6.07) is 14.2. The zero-order valence-electron chi connectivity index (χ0n) is 16.1. The van der Waals surface area contributed by atoms with Crippen LogP contribution in [-0.2, 0) is 4.79 Å². The number of nitrogens with one attached hydrogen (secondary N) is 1. The Kier molecular flexibility index (Phi) is 5.11. The molecule has 0 fully saturated rings. The maximum atomic E-state index is 13.3. The second-order valence-corrected chi connectivity index (χ2v) is 7.30. The molecule has 148 valence electrons. The molecule has 1 aliphatic heterocycles. The van der Waals surface area contributed by atoms with Crippen LogP contribution in [0.25, 0.3) is 5.69 Å². The number of nitrogens with zero attached hydrogens (tertiary/aromatic N) is 2. The quantitative estimate of drug-likeness (QED) is 0.628. The van der Waals surface area contributed by atoms with Gasteiger partial charge in [0.15, 0.2) is 5.78 Å². The summed E-state index contributed by atoms with van der Waals surface area (Å²) in [6.45, 7) is 4.30. The number of carbonyl (C=O) groups is 2. The molecule has 0 unspecified atom stereocenters. The van der Waals surface area contributed by atoms with Gasteiger partial charge in [0.2, 0.25) is 5.91 Å². The SMILES string of the molecule is CCOc1ccc(C(=O)[C@H]2CC(=O)Nc3c2c(C)nn3-c2cccc(Cl)c2)cc1. The summed E-state index contributed by atoms with van der Waals surface area (Å²) in [5, 5.41) is 8.01. The molecule has 0 bridgehead atoms. The number of anilines is 1. The Labute approximate surface area is 173 Å². The van der Waals surface area contributed by atoms with E-state index >= 15 is 0 Å². The summed E-state index contributed by atoms with van der Waals surface area (Å²) in [6.07, 6.45) is 0.0844. The van der Waals surface area contributed by atoms with Gasteiger partial charge in [0.1, 0.15) is 11.6 Å². The molecule has 1 amide bonds. The highest BCUT2D eigenvalue weighted by atomic mass is 35.5. The Hall–Kier alpha value is -3.12. The van der Waals surface area contributed by atoms with Crippen LogP contribution < -0.4 is 10.1 Å². The number of hydrogen-bond donors (Lipinski definition) is 1. The van der Waals surface area contributed by atoms with E-state index < -0.39 is 5.92 Å². The number of carbonyl (C=O) groups excluding carboxylic acids is 2. The fourth-order valence-electron chi connectivity index (χ4n) is 3.65. The molecule has 0 saturated carbocycles. The largest absolute Gasteiger partial charge is 0.494 e. The third kappa shape index (κ3) is 3.63. The van der Waals surface area contributed by atoms with Gasteiger partial charge >= 0.3 is 0 Å². The fourth-order valence-corrected chi connectivity index (χ4v) is 3.83. The van der Waals surface area contributed by atoms with Crippen LogP contribution in [-0.4, -0.2) is 28.1 Å². The Balaban J connectivity index is 1.74. The molecule has 2 aromatic carbocycles. The molecule has 1 atom stereocenters. The molecule has 1 N–H and O–H groups in total. The number of ether oxygens (including phenoxy) is 1. The van der Waals surface area contributed by atoms with Gasteiger partial charge in [-0.1, -0.05) is 17.7 Å². The number of fused-ring (bicyclic) bond motifs is 1. The molecular weight excluding hydrogens is 390 g/mol. The maximum Gasteiger partial charge on any atom is 0.226 e. The summed E-state index contributed by atoms with van der Waals surface area (Å²) in [4.78, 5) is 25.7. The van der Waals surface area contributed by atoms with E-state index in [9.17, 15) is 9.59 Å². The first-order valence-electron chi connectivity index (χ1n) is 9.40. The van der Waals surface area contributed by atoms with Gasteiger partial charge in [0.25, 0.3) is 0 Å². The molecule has 1 aromatic heterocycles. The minimum atomic E-state index is -0.593. The van der Waals surface area contributed by atoms with Gasteiger partial charge in [-0.15, -0.1) is 0 Å². The van der Waals surface area contributed by atoms with Crippen molar-refractivity contribution in [3.8, 4) is 11.4 Å². The smallest absolute Gasteiger partial charge is 0.226 e. The third-order valence-corrected chi connectivity index (χ3v) is 5.16. The molecule has 3 aromatic rings. The molecule has 0 radical (unpaired) electrons. The summed E-state index contributed by atoms with van der Waals surface area (Å²) in [7, 11) is 0. The van der Waals surface area contributed by atoms with Gasteiger partial charge in [-0.2, -0.15) is 5.10 Å². The van der Waals surface area contributed by atoms with E-state index in [-0.39, 0.29) is 18.1 Å². The van der Waals surface area contributed by atoms with Crippen molar-refractivity contribution in [3.05, 3.63) is 70.4 Å². The topological polar surface area (TPSA) is 73.2 Å². The summed E-state index contributed by atoms with van der Waals surface area (Å²) in [5.74, 6) is 0.300. The van der Waals surface area contributed by atoms with Crippen LogP contribution in [0.15, 0.2) is 48.5 Å². The van der Waals surface area contributed by atoms with E-state index in [1.54, 1.807) is 41.1 Å². The van der Waals surface area contributed by atoms with E-state index in [1.165, 1.54) is 0 Å². The van der Waals surface area contributed by atoms with Crippen LogP contribution in [0.5, 0.6) is 5.75 Å². The molecule has 29 heavy (non-hydrogen) atoms. The minimum absolute atomic E-state index is 0.0844.